The molecule has 0 unspecified atom stereocenters. The van der Waals surface area contributed by atoms with Crippen molar-refractivity contribution < 1.29 is 4.79 Å². The van der Waals surface area contributed by atoms with Gasteiger partial charge in [0.1, 0.15) is 0 Å². The molecular weight excluding hydrogens is 334 g/mol. The average Bonchev–Trinajstić information content (AvgIpc) is 2.74. The SMILES string of the molecule is CN(c1ccc(C(=O)Nc2cnc3ccccc3c2)cc1)C1CCCCC1. The van der Waals surface area contributed by atoms with Crippen LogP contribution in [0.1, 0.15) is 42.5 Å². The molecule has 1 aliphatic carbocycles. The van der Waals surface area contributed by atoms with Gasteiger partial charge in [-0.3, -0.25) is 9.78 Å². The Balaban J connectivity index is 1.45. The van der Waals surface area contributed by atoms with Gasteiger partial charge < -0.3 is 10.2 Å². The summed E-state index contributed by atoms with van der Waals surface area (Å²) in [4.78, 5) is 19.3. The zero-order valence-electron chi connectivity index (χ0n) is 15.7. The van der Waals surface area contributed by atoms with Gasteiger partial charge in [-0.05, 0) is 49.2 Å². The van der Waals surface area contributed by atoms with Crippen LogP contribution >= 0.6 is 0 Å². The highest BCUT2D eigenvalue weighted by atomic mass is 16.1. The van der Waals surface area contributed by atoms with Gasteiger partial charge in [-0.15, -0.1) is 0 Å². The van der Waals surface area contributed by atoms with E-state index in [1.807, 2.05) is 54.6 Å². The zero-order valence-corrected chi connectivity index (χ0v) is 15.7. The highest BCUT2D eigenvalue weighted by molar-refractivity contribution is 6.05. The minimum atomic E-state index is -0.112. The highest BCUT2D eigenvalue weighted by Gasteiger charge is 2.18. The van der Waals surface area contributed by atoms with E-state index in [1.165, 1.54) is 37.8 Å². The smallest absolute Gasteiger partial charge is 0.255 e. The van der Waals surface area contributed by atoms with E-state index in [0.29, 0.717) is 17.3 Å². The van der Waals surface area contributed by atoms with Crippen molar-refractivity contribution in [3.8, 4) is 0 Å². The lowest BCUT2D eigenvalue weighted by Crippen LogP contribution is -2.33. The number of hydrogen-bond acceptors (Lipinski definition) is 3. The summed E-state index contributed by atoms with van der Waals surface area (Å²) in [6, 6.07) is 18.3. The summed E-state index contributed by atoms with van der Waals surface area (Å²) in [7, 11) is 2.16. The van der Waals surface area contributed by atoms with Gasteiger partial charge in [0.05, 0.1) is 17.4 Å². The van der Waals surface area contributed by atoms with Crippen LogP contribution in [0, 0.1) is 0 Å². The molecule has 27 heavy (non-hydrogen) atoms. The number of anilines is 2. The second kappa shape index (κ2) is 7.78. The van der Waals surface area contributed by atoms with Crippen LogP contribution in [0.25, 0.3) is 10.9 Å². The van der Waals surface area contributed by atoms with Crippen molar-refractivity contribution in [1.29, 1.82) is 0 Å². The van der Waals surface area contributed by atoms with E-state index in [-0.39, 0.29) is 5.91 Å². The van der Waals surface area contributed by atoms with Crippen molar-refractivity contribution in [2.24, 2.45) is 0 Å². The molecule has 1 heterocycles. The standard InChI is InChI=1S/C23H25N3O/c1-26(20-8-3-2-4-9-20)21-13-11-17(12-14-21)23(27)25-19-15-18-7-5-6-10-22(18)24-16-19/h5-7,10-16,20H,2-4,8-9H2,1H3,(H,25,27). The summed E-state index contributed by atoms with van der Waals surface area (Å²) in [6.07, 6.45) is 8.20. The van der Waals surface area contributed by atoms with Crippen LogP contribution in [0.3, 0.4) is 0 Å². The molecule has 1 fully saturated rings. The van der Waals surface area contributed by atoms with E-state index in [4.69, 9.17) is 0 Å². The molecular formula is C23H25N3O. The largest absolute Gasteiger partial charge is 0.372 e. The highest BCUT2D eigenvalue weighted by Crippen LogP contribution is 2.26. The lowest BCUT2D eigenvalue weighted by atomic mass is 9.94. The molecule has 0 aliphatic heterocycles. The predicted octanol–water partition coefficient (Wildman–Crippen LogP) is 5.26. The first-order valence-corrected chi connectivity index (χ1v) is 9.70. The average molecular weight is 359 g/mol. The van der Waals surface area contributed by atoms with Gasteiger partial charge in [0.15, 0.2) is 0 Å². The van der Waals surface area contributed by atoms with E-state index in [9.17, 15) is 4.79 Å². The second-order valence-electron chi connectivity index (χ2n) is 7.32. The van der Waals surface area contributed by atoms with Gasteiger partial charge in [-0.1, -0.05) is 37.5 Å². The number of para-hydroxylation sites is 1. The van der Waals surface area contributed by atoms with Crippen molar-refractivity contribution in [2.75, 3.05) is 17.3 Å². The van der Waals surface area contributed by atoms with Crippen LogP contribution in [0.15, 0.2) is 60.8 Å². The fraction of sp³-hybridized carbons (Fsp3) is 0.304. The minimum Gasteiger partial charge on any atom is -0.372 e. The van der Waals surface area contributed by atoms with Gasteiger partial charge in [0, 0.05) is 29.7 Å². The summed E-state index contributed by atoms with van der Waals surface area (Å²) in [5.41, 5.74) is 3.46. The minimum absolute atomic E-state index is 0.112. The van der Waals surface area contributed by atoms with Crippen molar-refractivity contribution in [2.45, 2.75) is 38.1 Å². The molecule has 0 atom stereocenters. The Morgan fingerprint density at radius 3 is 2.56 bits per heavy atom. The molecule has 1 N–H and O–H groups in total. The Bertz CT molecular complexity index is 930. The van der Waals surface area contributed by atoms with Crippen LogP contribution in [-0.2, 0) is 0 Å². The summed E-state index contributed by atoms with van der Waals surface area (Å²) in [5, 5.41) is 3.96. The molecule has 2 aromatic carbocycles. The molecule has 1 aromatic heterocycles. The lowest BCUT2D eigenvalue weighted by molar-refractivity contribution is 0.102. The fourth-order valence-corrected chi connectivity index (χ4v) is 3.87. The van der Waals surface area contributed by atoms with Gasteiger partial charge >= 0.3 is 0 Å². The number of aromatic nitrogens is 1. The van der Waals surface area contributed by atoms with Crippen molar-refractivity contribution in [3.05, 3.63) is 66.4 Å². The Hall–Kier alpha value is -2.88. The number of pyridine rings is 1. The Kier molecular flexibility index (Phi) is 5.05. The molecule has 1 amide bonds. The summed E-state index contributed by atoms with van der Waals surface area (Å²) < 4.78 is 0. The summed E-state index contributed by atoms with van der Waals surface area (Å²) >= 11 is 0. The maximum Gasteiger partial charge on any atom is 0.255 e. The monoisotopic (exact) mass is 359 g/mol. The second-order valence-corrected chi connectivity index (χ2v) is 7.32. The molecule has 0 spiro atoms. The molecule has 4 nitrogen and oxygen atoms in total. The third kappa shape index (κ3) is 3.95. The van der Waals surface area contributed by atoms with Gasteiger partial charge in [-0.2, -0.15) is 0 Å². The van der Waals surface area contributed by atoms with Gasteiger partial charge in [0.2, 0.25) is 0 Å². The van der Waals surface area contributed by atoms with Crippen LogP contribution in [0.2, 0.25) is 0 Å². The maximum absolute atomic E-state index is 12.6. The van der Waals surface area contributed by atoms with E-state index in [0.717, 1.165) is 10.9 Å². The Morgan fingerprint density at radius 1 is 1.04 bits per heavy atom. The van der Waals surface area contributed by atoms with E-state index in [1.54, 1.807) is 6.20 Å². The number of nitrogens with zero attached hydrogens (tertiary/aromatic N) is 2. The molecule has 0 saturated heterocycles. The molecule has 4 heteroatoms. The number of benzene rings is 2. The number of carbonyl (C=O) groups excluding carboxylic acids is 1. The summed E-state index contributed by atoms with van der Waals surface area (Å²) in [6.45, 7) is 0. The third-order valence-corrected chi connectivity index (χ3v) is 5.51. The number of fused-ring (bicyclic) bond motifs is 1. The van der Waals surface area contributed by atoms with Crippen molar-refractivity contribution >= 4 is 28.2 Å². The van der Waals surface area contributed by atoms with Crippen LogP contribution < -0.4 is 10.2 Å². The van der Waals surface area contributed by atoms with Gasteiger partial charge in [0.25, 0.3) is 5.91 Å². The van der Waals surface area contributed by atoms with E-state index >= 15 is 0 Å². The van der Waals surface area contributed by atoms with E-state index < -0.39 is 0 Å². The predicted molar refractivity (Wildman–Crippen MR) is 111 cm³/mol. The first-order valence-electron chi connectivity index (χ1n) is 9.70. The van der Waals surface area contributed by atoms with Crippen LogP contribution in [0.5, 0.6) is 0 Å². The molecule has 3 aromatic rings. The summed E-state index contributed by atoms with van der Waals surface area (Å²) in [5.74, 6) is -0.112. The number of nitrogens with one attached hydrogen (secondary N) is 1. The van der Waals surface area contributed by atoms with Gasteiger partial charge in [-0.25, -0.2) is 0 Å². The molecule has 1 aliphatic rings. The fourth-order valence-electron chi connectivity index (χ4n) is 3.87. The van der Waals surface area contributed by atoms with Crippen LogP contribution in [0.4, 0.5) is 11.4 Å². The molecule has 0 radical (unpaired) electrons. The number of carbonyl (C=O) groups is 1. The zero-order chi connectivity index (χ0) is 18.6. The third-order valence-electron chi connectivity index (χ3n) is 5.51. The molecule has 0 bridgehead atoms. The Morgan fingerprint density at radius 2 is 1.78 bits per heavy atom. The van der Waals surface area contributed by atoms with Crippen molar-refractivity contribution in [3.63, 3.8) is 0 Å². The molecule has 1 saturated carbocycles. The molecule has 138 valence electrons. The number of hydrogen-bond donors (Lipinski definition) is 1. The molecule has 4 rings (SSSR count). The first-order chi connectivity index (χ1) is 13.2. The first kappa shape index (κ1) is 17.5. The topological polar surface area (TPSA) is 45.2 Å². The number of rotatable bonds is 4. The Labute approximate surface area is 160 Å². The van der Waals surface area contributed by atoms with Crippen molar-refractivity contribution in [1.82, 2.24) is 4.98 Å². The normalized spacial score (nSPS) is 14.9. The lowest BCUT2D eigenvalue weighted by Gasteiger charge is -2.33. The van der Waals surface area contributed by atoms with Crippen LogP contribution in [-0.4, -0.2) is 24.0 Å². The number of amides is 1. The maximum atomic E-state index is 12.6. The quantitative estimate of drug-likeness (QED) is 0.691. The van der Waals surface area contributed by atoms with E-state index in [2.05, 4.69) is 22.2 Å².